The maximum atomic E-state index is 6.01. The molecule has 0 unspecified atom stereocenters. The summed E-state index contributed by atoms with van der Waals surface area (Å²) in [5.74, 6) is 1.97. The predicted octanol–water partition coefficient (Wildman–Crippen LogP) is 5.29. The highest BCUT2D eigenvalue weighted by Crippen LogP contribution is 2.25. The van der Waals surface area contributed by atoms with E-state index in [9.17, 15) is 0 Å². The standard InChI is InChI=1S/C16H20Cl2N4/c1-10(2)4-5-19-16-20-11(3)6-15(22-16)21-14-8-12(17)7-13(18)9-14/h6-10H,4-5H2,1-3H3,(H2,19,20,21,22). The molecule has 0 saturated heterocycles. The second kappa shape index (κ2) is 7.65. The van der Waals surface area contributed by atoms with Crippen molar-refractivity contribution < 1.29 is 0 Å². The predicted molar refractivity (Wildman–Crippen MR) is 94.5 cm³/mol. The Morgan fingerprint density at radius 1 is 1.05 bits per heavy atom. The fraction of sp³-hybridized carbons (Fsp3) is 0.375. The molecule has 1 heterocycles. The first-order valence-corrected chi connectivity index (χ1v) is 8.00. The molecular weight excluding hydrogens is 319 g/mol. The van der Waals surface area contributed by atoms with Crippen molar-refractivity contribution in [2.24, 2.45) is 5.92 Å². The highest BCUT2D eigenvalue weighted by atomic mass is 35.5. The van der Waals surface area contributed by atoms with Crippen molar-refractivity contribution in [1.82, 2.24) is 9.97 Å². The Hall–Kier alpha value is -1.52. The number of hydrogen-bond donors (Lipinski definition) is 2. The normalized spacial score (nSPS) is 10.8. The van der Waals surface area contributed by atoms with Gasteiger partial charge in [0.2, 0.25) is 5.95 Å². The van der Waals surface area contributed by atoms with E-state index in [-0.39, 0.29) is 0 Å². The number of anilines is 3. The number of benzene rings is 1. The molecule has 2 rings (SSSR count). The van der Waals surface area contributed by atoms with Gasteiger partial charge in [-0.3, -0.25) is 0 Å². The third-order valence-electron chi connectivity index (χ3n) is 2.99. The van der Waals surface area contributed by atoms with Crippen molar-refractivity contribution in [2.45, 2.75) is 27.2 Å². The summed E-state index contributed by atoms with van der Waals surface area (Å²) in [5, 5.41) is 7.62. The second-order valence-electron chi connectivity index (χ2n) is 5.61. The van der Waals surface area contributed by atoms with Crippen molar-refractivity contribution in [3.05, 3.63) is 40.0 Å². The van der Waals surface area contributed by atoms with Crippen LogP contribution in [-0.4, -0.2) is 16.5 Å². The smallest absolute Gasteiger partial charge is 0.224 e. The van der Waals surface area contributed by atoms with E-state index in [4.69, 9.17) is 23.2 Å². The molecule has 2 N–H and O–H groups in total. The van der Waals surface area contributed by atoms with E-state index in [1.54, 1.807) is 18.2 Å². The molecule has 118 valence electrons. The summed E-state index contributed by atoms with van der Waals surface area (Å²) in [5.41, 5.74) is 1.68. The van der Waals surface area contributed by atoms with Crippen molar-refractivity contribution in [3.63, 3.8) is 0 Å². The largest absolute Gasteiger partial charge is 0.354 e. The lowest BCUT2D eigenvalue weighted by molar-refractivity contribution is 0.606. The molecule has 22 heavy (non-hydrogen) atoms. The first kappa shape index (κ1) is 16.8. The molecule has 0 aliphatic rings. The summed E-state index contributed by atoms with van der Waals surface area (Å²) in [4.78, 5) is 8.86. The average Bonchev–Trinajstić information content (AvgIpc) is 2.36. The van der Waals surface area contributed by atoms with Gasteiger partial charge in [-0.15, -0.1) is 0 Å². The Kier molecular flexibility index (Phi) is 5.86. The molecule has 1 aromatic heterocycles. The molecule has 6 heteroatoms. The monoisotopic (exact) mass is 338 g/mol. The molecule has 0 atom stereocenters. The van der Waals surface area contributed by atoms with E-state index in [2.05, 4.69) is 34.4 Å². The van der Waals surface area contributed by atoms with E-state index < -0.39 is 0 Å². The van der Waals surface area contributed by atoms with E-state index in [0.29, 0.717) is 27.7 Å². The average molecular weight is 339 g/mol. The molecule has 0 aliphatic heterocycles. The Labute approximate surface area is 141 Å². The fourth-order valence-corrected chi connectivity index (χ4v) is 2.48. The minimum atomic E-state index is 0.580. The van der Waals surface area contributed by atoms with Gasteiger partial charge in [0.25, 0.3) is 0 Å². The summed E-state index contributed by atoms with van der Waals surface area (Å²) in [6.07, 6.45) is 1.07. The molecule has 0 radical (unpaired) electrons. The molecule has 2 aromatic rings. The lowest BCUT2D eigenvalue weighted by atomic mass is 10.1. The molecule has 0 aliphatic carbocycles. The Morgan fingerprint density at radius 2 is 1.73 bits per heavy atom. The molecule has 0 fully saturated rings. The molecule has 0 amide bonds. The van der Waals surface area contributed by atoms with E-state index >= 15 is 0 Å². The highest BCUT2D eigenvalue weighted by molar-refractivity contribution is 6.35. The Morgan fingerprint density at radius 3 is 2.36 bits per heavy atom. The van der Waals surface area contributed by atoms with Crippen LogP contribution in [0.5, 0.6) is 0 Å². The van der Waals surface area contributed by atoms with Crippen LogP contribution in [0.4, 0.5) is 17.5 Å². The van der Waals surface area contributed by atoms with E-state index in [0.717, 1.165) is 24.3 Å². The minimum absolute atomic E-state index is 0.580. The van der Waals surface area contributed by atoms with Gasteiger partial charge >= 0.3 is 0 Å². The first-order valence-electron chi connectivity index (χ1n) is 7.25. The van der Waals surface area contributed by atoms with Gasteiger partial charge in [-0.25, -0.2) is 4.98 Å². The quantitative estimate of drug-likeness (QED) is 0.750. The van der Waals surface area contributed by atoms with Gasteiger partial charge in [0, 0.05) is 34.0 Å². The number of hydrogen-bond acceptors (Lipinski definition) is 4. The Bertz CT molecular complexity index is 624. The van der Waals surface area contributed by atoms with Crippen LogP contribution in [0.15, 0.2) is 24.3 Å². The molecule has 1 aromatic carbocycles. The third-order valence-corrected chi connectivity index (χ3v) is 3.43. The maximum Gasteiger partial charge on any atom is 0.224 e. The van der Waals surface area contributed by atoms with Gasteiger partial charge in [-0.05, 0) is 37.5 Å². The highest BCUT2D eigenvalue weighted by Gasteiger charge is 2.04. The lowest BCUT2D eigenvalue weighted by Gasteiger charge is -2.11. The van der Waals surface area contributed by atoms with Gasteiger partial charge in [-0.1, -0.05) is 37.0 Å². The fourth-order valence-electron chi connectivity index (χ4n) is 1.96. The first-order chi connectivity index (χ1) is 10.4. The van der Waals surface area contributed by atoms with Crippen molar-refractivity contribution in [1.29, 1.82) is 0 Å². The summed E-state index contributed by atoms with van der Waals surface area (Å²) < 4.78 is 0. The number of nitrogens with one attached hydrogen (secondary N) is 2. The SMILES string of the molecule is Cc1cc(Nc2cc(Cl)cc(Cl)c2)nc(NCCC(C)C)n1. The summed E-state index contributed by atoms with van der Waals surface area (Å²) >= 11 is 12.0. The topological polar surface area (TPSA) is 49.8 Å². The van der Waals surface area contributed by atoms with E-state index in [1.165, 1.54) is 0 Å². The van der Waals surface area contributed by atoms with Crippen molar-refractivity contribution in [2.75, 3.05) is 17.2 Å². The van der Waals surface area contributed by atoms with Crippen molar-refractivity contribution >= 4 is 40.7 Å². The zero-order valence-corrected chi connectivity index (χ0v) is 14.5. The Balaban J connectivity index is 2.11. The van der Waals surface area contributed by atoms with Crippen LogP contribution >= 0.6 is 23.2 Å². The van der Waals surface area contributed by atoms with Crippen LogP contribution in [0.3, 0.4) is 0 Å². The van der Waals surface area contributed by atoms with Gasteiger partial charge in [0.05, 0.1) is 0 Å². The summed E-state index contributed by atoms with van der Waals surface area (Å²) in [6.45, 7) is 7.16. The summed E-state index contributed by atoms with van der Waals surface area (Å²) in [7, 11) is 0. The van der Waals surface area contributed by atoms with E-state index in [1.807, 2.05) is 13.0 Å². The lowest BCUT2D eigenvalue weighted by Crippen LogP contribution is -2.09. The van der Waals surface area contributed by atoms with Gasteiger partial charge in [0.1, 0.15) is 5.82 Å². The van der Waals surface area contributed by atoms with Crippen LogP contribution in [0.1, 0.15) is 26.0 Å². The van der Waals surface area contributed by atoms with Crippen molar-refractivity contribution in [3.8, 4) is 0 Å². The molecule has 0 saturated carbocycles. The molecule has 4 nitrogen and oxygen atoms in total. The van der Waals surface area contributed by atoms with Crippen LogP contribution in [0.25, 0.3) is 0 Å². The van der Waals surface area contributed by atoms with Gasteiger partial charge < -0.3 is 10.6 Å². The zero-order chi connectivity index (χ0) is 16.1. The number of rotatable bonds is 6. The number of nitrogens with zero attached hydrogens (tertiary/aromatic N) is 2. The van der Waals surface area contributed by atoms with Gasteiger partial charge in [-0.2, -0.15) is 4.98 Å². The van der Waals surface area contributed by atoms with Crippen LogP contribution in [0, 0.1) is 12.8 Å². The second-order valence-corrected chi connectivity index (χ2v) is 6.48. The number of aromatic nitrogens is 2. The summed E-state index contributed by atoms with van der Waals surface area (Å²) in [6, 6.07) is 7.17. The third kappa shape index (κ3) is 5.35. The minimum Gasteiger partial charge on any atom is -0.354 e. The maximum absolute atomic E-state index is 6.01. The molecule has 0 bridgehead atoms. The number of aryl methyl sites for hydroxylation is 1. The molecule has 0 spiro atoms. The van der Waals surface area contributed by atoms with Crippen LogP contribution in [-0.2, 0) is 0 Å². The zero-order valence-electron chi connectivity index (χ0n) is 13.0. The van der Waals surface area contributed by atoms with Crippen LogP contribution in [0.2, 0.25) is 10.0 Å². The van der Waals surface area contributed by atoms with Gasteiger partial charge in [0.15, 0.2) is 0 Å². The number of halogens is 2. The molecular formula is C16H20Cl2N4. The van der Waals surface area contributed by atoms with Crippen LogP contribution < -0.4 is 10.6 Å².